The number of carbonyl (C=O) groups excluding carboxylic acids is 1. The highest BCUT2D eigenvalue weighted by Crippen LogP contribution is 2.26. The Bertz CT molecular complexity index is 464. The van der Waals surface area contributed by atoms with Crippen LogP contribution in [0, 0.1) is 0 Å². The van der Waals surface area contributed by atoms with Crippen LogP contribution in [0.5, 0.6) is 0 Å². The molecule has 0 radical (unpaired) electrons. The maximum Gasteiger partial charge on any atom is 0.241 e. The number of amides is 1. The van der Waals surface area contributed by atoms with Crippen molar-refractivity contribution in [3.8, 4) is 0 Å². The highest BCUT2D eigenvalue weighted by molar-refractivity contribution is 7.98. The fourth-order valence-electron chi connectivity index (χ4n) is 2.26. The lowest BCUT2D eigenvalue weighted by molar-refractivity contribution is -0.117. The van der Waals surface area contributed by atoms with Crippen LogP contribution < -0.4 is 16.0 Å². The molecule has 1 heterocycles. The molecule has 1 aliphatic heterocycles. The molecule has 116 valence electrons. The van der Waals surface area contributed by atoms with Crippen molar-refractivity contribution < 1.29 is 9.53 Å². The third kappa shape index (κ3) is 4.62. The number of anilines is 2. The molecule has 2 rings (SSSR count). The average Bonchev–Trinajstić information content (AvgIpc) is 2.54. The summed E-state index contributed by atoms with van der Waals surface area (Å²) in [6.07, 6.45) is 2.70. The Balaban J connectivity index is 2.03. The van der Waals surface area contributed by atoms with Gasteiger partial charge in [0.25, 0.3) is 0 Å². The summed E-state index contributed by atoms with van der Waals surface area (Å²) in [6.45, 7) is 3.11. The zero-order valence-electron chi connectivity index (χ0n) is 12.4. The fourth-order valence-corrected chi connectivity index (χ4v) is 2.75. The maximum atomic E-state index is 12.2. The molecule has 1 fully saturated rings. The van der Waals surface area contributed by atoms with Gasteiger partial charge in [-0.3, -0.25) is 4.79 Å². The molecule has 0 spiro atoms. The molecular formula is C15H23N3O2S. The Kier molecular flexibility index (Phi) is 6.35. The SMILES string of the molecule is CSCC[C@H](N)C(=O)Nc1ccccc1N1CCOCC1. The second kappa shape index (κ2) is 8.26. The summed E-state index contributed by atoms with van der Waals surface area (Å²) >= 11 is 1.70. The molecule has 5 nitrogen and oxygen atoms in total. The van der Waals surface area contributed by atoms with Crippen LogP contribution in [0.4, 0.5) is 11.4 Å². The molecule has 1 saturated heterocycles. The number of hydrogen-bond donors (Lipinski definition) is 2. The Hall–Kier alpha value is -1.24. The lowest BCUT2D eigenvalue weighted by Gasteiger charge is -2.30. The molecule has 1 aliphatic rings. The molecule has 1 aromatic rings. The van der Waals surface area contributed by atoms with Crippen molar-refractivity contribution in [3.05, 3.63) is 24.3 Å². The van der Waals surface area contributed by atoms with Crippen LogP contribution in [0.25, 0.3) is 0 Å². The smallest absolute Gasteiger partial charge is 0.241 e. The van der Waals surface area contributed by atoms with Gasteiger partial charge in [0.2, 0.25) is 5.91 Å². The second-order valence-corrected chi connectivity index (χ2v) is 5.98. The standard InChI is InChI=1S/C15H23N3O2S/c1-21-11-6-12(16)15(19)17-13-4-2-3-5-14(13)18-7-9-20-10-8-18/h2-5,12H,6-11,16H2,1H3,(H,17,19)/t12-/m0/s1. The van der Waals surface area contributed by atoms with Crippen molar-refractivity contribution in [3.63, 3.8) is 0 Å². The zero-order valence-corrected chi connectivity index (χ0v) is 13.2. The van der Waals surface area contributed by atoms with Crippen molar-refractivity contribution in [2.24, 2.45) is 5.73 Å². The first-order valence-corrected chi connectivity index (χ1v) is 8.59. The largest absolute Gasteiger partial charge is 0.378 e. The molecular weight excluding hydrogens is 286 g/mol. The number of hydrogen-bond acceptors (Lipinski definition) is 5. The molecule has 1 atom stereocenters. The second-order valence-electron chi connectivity index (χ2n) is 4.99. The minimum Gasteiger partial charge on any atom is -0.378 e. The van der Waals surface area contributed by atoms with Crippen LogP contribution in [-0.4, -0.2) is 50.3 Å². The van der Waals surface area contributed by atoms with Crippen LogP contribution in [-0.2, 0) is 9.53 Å². The highest BCUT2D eigenvalue weighted by Gasteiger charge is 2.18. The van der Waals surface area contributed by atoms with E-state index in [4.69, 9.17) is 10.5 Å². The Labute approximate surface area is 130 Å². The van der Waals surface area contributed by atoms with Crippen LogP contribution in [0.2, 0.25) is 0 Å². The molecule has 21 heavy (non-hydrogen) atoms. The number of carbonyl (C=O) groups is 1. The normalized spacial score (nSPS) is 16.6. The van der Waals surface area contributed by atoms with Gasteiger partial charge in [0.1, 0.15) is 0 Å². The minimum absolute atomic E-state index is 0.121. The summed E-state index contributed by atoms with van der Waals surface area (Å²) in [6, 6.07) is 7.38. The predicted molar refractivity (Wildman–Crippen MR) is 89.1 cm³/mol. The van der Waals surface area contributed by atoms with Gasteiger partial charge in [-0.15, -0.1) is 0 Å². The minimum atomic E-state index is -0.463. The van der Waals surface area contributed by atoms with Gasteiger partial charge in [-0.1, -0.05) is 12.1 Å². The maximum absolute atomic E-state index is 12.2. The quantitative estimate of drug-likeness (QED) is 0.834. The summed E-state index contributed by atoms with van der Waals surface area (Å²) in [5.41, 5.74) is 7.78. The first-order chi connectivity index (χ1) is 10.2. The zero-order chi connectivity index (χ0) is 15.1. The van der Waals surface area contributed by atoms with E-state index < -0.39 is 6.04 Å². The summed E-state index contributed by atoms with van der Waals surface area (Å²) in [7, 11) is 0. The van der Waals surface area contributed by atoms with Gasteiger partial charge in [-0.25, -0.2) is 0 Å². The topological polar surface area (TPSA) is 67.6 Å². The third-order valence-corrected chi connectivity index (χ3v) is 4.13. The fraction of sp³-hybridized carbons (Fsp3) is 0.533. The first kappa shape index (κ1) is 16.1. The van der Waals surface area contributed by atoms with Gasteiger partial charge in [-0.2, -0.15) is 11.8 Å². The number of rotatable bonds is 6. The average molecular weight is 309 g/mol. The summed E-state index contributed by atoms with van der Waals surface area (Å²) in [5, 5.41) is 2.96. The lowest BCUT2D eigenvalue weighted by atomic mass is 10.2. The predicted octanol–water partition coefficient (Wildman–Crippen LogP) is 1.54. The summed E-state index contributed by atoms with van der Waals surface area (Å²) in [5.74, 6) is 0.768. The molecule has 0 bridgehead atoms. The molecule has 0 aromatic heterocycles. The van der Waals surface area contributed by atoms with E-state index >= 15 is 0 Å². The van der Waals surface area contributed by atoms with E-state index in [1.165, 1.54) is 0 Å². The summed E-state index contributed by atoms with van der Waals surface area (Å²) < 4.78 is 5.37. The number of ether oxygens (including phenoxy) is 1. The number of nitrogens with zero attached hydrogens (tertiary/aromatic N) is 1. The van der Waals surface area contributed by atoms with Gasteiger partial charge in [0.15, 0.2) is 0 Å². The molecule has 6 heteroatoms. The van der Waals surface area contributed by atoms with Gasteiger partial charge in [0, 0.05) is 13.1 Å². The third-order valence-electron chi connectivity index (χ3n) is 3.48. The van der Waals surface area contributed by atoms with Crippen LogP contribution in [0.1, 0.15) is 6.42 Å². The molecule has 1 aromatic carbocycles. The number of para-hydroxylation sites is 2. The van der Waals surface area contributed by atoms with E-state index in [0.717, 1.165) is 43.4 Å². The van der Waals surface area contributed by atoms with Crippen molar-refractivity contribution in [1.82, 2.24) is 0 Å². The van der Waals surface area contributed by atoms with E-state index in [9.17, 15) is 4.79 Å². The Morgan fingerprint density at radius 2 is 2.14 bits per heavy atom. The summed E-state index contributed by atoms with van der Waals surface area (Å²) in [4.78, 5) is 14.4. The molecule has 3 N–H and O–H groups in total. The number of morpholine rings is 1. The monoisotopic (exact) mass is 309 g/mol. The van der Waals surface area contributed by atoms with Gasteiger partial charge in [0.05, 0.1) is 30.6 Å². The van der Waals surface area contributed by atoms with Crippen LogP contribution in [0.15, 0.2) is 24.3 Å². The lowest BCUT2D eigenvalue weighted by Crippen LogP contribution is -2.38. The number of nitrogens with two attached hydrogens (primary N) is 1. The van der Waals surface area contributed by atoms with Crippen molar-refractivity contribution in [2.75, 3.05) is 48.5 Å². The molecule has 0 aliphatic carbocycles. The van der Waals surface area contributed by atoms with Crippen molar-refractivity contribution in [2.45, 2.75) is 12.5 Å². The molecule has 1 amide bonds. The highest BCUT2D eigenvalue weighted by atomic mass is 32.2. The van der Waals surface area contributed by atoms with E-state index in [1.807, 2.05) is 30.5 Å². The van der Waals surface area contributed by atoms with E-state index in [-0.39, 0.29) is 5.91 Å². The van der Waals surface area contributed by atoms with E-state index in [0.29, 0.717) is 6.42 Å². The Morgan fingerprint density at radius 3 is 2.86 bits per heavy atom. The number of nitrogens with one attached hydrogen (secondary N) is 1. The first-order valence-electron chi connectivity index (χ1n) is 7.19. The van der Waals surface area contributed by atoms with Gasteiger partial charge >= 0.3 is 0 Å². The molecule has 0 unspecified atom stereocenters. The Morgan fingerprint density at radius 1 is 1.43 bits per heavy atom. The number of benzene rings is 1. The van der Waals surface area contributed by atoms with Crippen LogP contribution in [0.3, 0.4) is 0 Å². The van der Waals surface area contributed by atoms with Gasteiger partial charge in [-0.05, 0) is 30.6 Å². The van der Waals surface area contributed by atoms with E-state index in [2.05, 4.69) is 10.2 Å². The van der Waals surface area contributed by atoms with E-state index in [1.54, 1.807) is 11.8 Å². The van der Waals surface area contributed by atoms with Crippen LogP contribution >= 0.6 is 11.8 Å². The van der Waals surface area contributed by atoms with Gasteiger partial charge < -0.3 is 20.7 Å². The van der Waals surface area contributed by atoms with Crippen molar-refractivity contribution >= 4 is 29.0 Å². The molecule has 0 saturated carbocycles. The number of thioether (sulfide) groups is 1. The van der Waals surface area contributed by atoms with Crippen molar-refractivity contribution in [1.29, 1.82) is 0 Å².